The lowest BCUT2D eigenvalue weighted by molar-refractivity contribution is 0.814. The van der Waals surface area contributed by atoms with Crippen molar-refractivity contribution in [3.8, 4) is 0 Å². The molecule has 2 heteroatoms. The van der Waals surface area contributed by atoms with E-state index in [1.165, 1.54) is 17.7 Å². The van der Waals surface area contributed by atoms with Gasteiger partial charge in [0.05, 0.1) is 0 Å². The molecule has 0 aromatic heterocycles. The van der Waals surface area contributed by atoms with Crippen molar-refractivity contribution in [3.63, 3.8) is 0 Å². The van der Waals surface area contributed by atoms with E-state index in [-0.39, 0.29) is 0 Å². The molecule has 0 aliphatic heterocycles. The summed E-state index contributed by atoms with van der Waals surface area (Å²) in [7, 11) is 0. The van der Waals surface area contributed by atoms with Crippen molar-refractivity contribution >= 4 is 11.8 Å². The van der Waals surface area contributed by atoms with E-state index in [2.05, 4.69) is 30.3 Å². The average molecular weight is 195 g/mol. The maximum atomic E-state index is 5.41. The number of unbranched alkanes of at least 4 members (excludes halogenated alkanes) is 1. The van der Waals surface area contributed by atoms with Gasteiger partial charge < -0.3 is 5.73 Å². The van der Waals surface area contributed by atoms with Crippen LogP contribution in [-0.4, -0.2) is 12.3 Å². The molecule has 0 fully saturated rings. The van der Waals surface area contributed by atoms with E-state index >= 15 is 0 Å². The zero-order valence-electron chi connectivity index (χ0n) is 7.91. The predicted octanol–water partition coefficient (Wildman–Crippen LogP) is 2.66. The first-order valence-corrected chi connectivity index (χ1v) is 5.90. The molecule has 1 aromatic carbocycles. The second-order valence-electron chi connectivity index (χ2n) is 3.03. The Morgan fingerprint density at radius 2 is 1.85 bits per heavy atom. The molecule has 0 amide bonds. The molecule has 0 heterocycles. The molecule has 1 nitrogen and oxygen atoms in total. The summed E-state index contributed by atoms with van der Waals surface area (Å²) in [5.74, 6) is 2.36. The Kier molecular flexibility index (Phi) is 5.70. The summed E-state index contributed by atoms with van der Waals surface area (Å²) in [6.45, 7) is 0.825. The normalized spacial score (nSPS) is 10.2. The third-order valence-corrected chi connectivity index (χ3v) is 2.97. The maximum Gasteiger partial charge on any atom is 0.0184 e. The summed E-state index contributed by atoms with van der Waals surface area (Å²) in [5, 5.41) is 0. The Bertz CT molecular complexity index is 211. The third kappa shape index (κ3) is 4.96. The molecule has 0 spiro atoms. The number of hydrogen-bond donors (Lipinski definition) is 1. The molecule has 0 aliphatic rings. The highest BCUT2D eigenvalue weighted by Crippen LogP contribution is 2.12. The fourth-order valence-electron chi connectivity index (χ4n) is 1.11. The van der Waals surface area contributed by atoms with Gasteiger partial charge in [-0.05, 0) is 30.7 Å². The van der Waals surface area contributed by atoms with Gasteiger partial charge in [-0.3, -0.25) is 0 Å². The first kappa shape index (κ1) is 10.6. The van der Waals surface area contributed by atoms with E-state index in [0.717, 1.165) is 18.7 Å². The third-order valence-electron chi connectivity index (χ3n) is 1.85. The van der Waals surface area contributed by atoms with Crippen molar-refractivity contribution in [1.82, 2.24) is 0 Å². The van der Waals surface area contributed by atoms with Crippen LogP contribution in [-0.2, 0) is 5.75 Å². The quantitative estimate of drug-likeness (QED) is 0.706. The van der Waals surface area contributed by atoms with Gasteiger partial charge in [0, 0.05) is 5.75 Å². The Balaban J connectivity index is 2.07. The van der Waals surface area contributed by atoms with Gasteiger partial charge in [0.25, 0.3) is 0 Å². The lowest BCUT2D eigenvalue weighted by Gasteiger charge is -2.00. The minimum absolute atomic E-state index is 0.825. The Morgan fingerprint density at radius 1 is 1.08 bits per heavy atom. The molecule has 1 rings (SSSR count). The van der Waals surface area contributed by atoms with Crippen LogP contribution in [0.1, 0.15) is 18.4 Å². The highest BCUT2D eigenvalue weighted by molar-refractivity contribution is 7.98. The highest BCUT2D eigenvalue weighted by atomic mass is 32.2. The summed E-state index contributed by atoms with van der Waals surface area (Å²) in [4.78, 5) is 0. The van der Waals surface area contributed by atoms with Crippen LogP contribution in [0.4, 0.5) is 0 Å². The number of hydrogen-bond acceptors (Lipinski definition) is 2. The topological polar surface area (TPSA) is 26.0 Å². The second kappa shape index (κ2) is 6.98. The predicted molar refractivity (Wildman–Crippen MR) is 60.9 cm³/mol. The summed E-state index contributed by atoms with van der Waals surface area (Å²) in [6, 6.07) is 10.6. The molecule has 0 saturated carbocycles. The standard InChI is InChI=1S/C11H17NS/c12-8-4-5-9-13-10-11-6-2-1-3-7-11/h1-3,6-7H,4-5,8-10,12H2. The Morgan fingerprint density at radius 3 is 2.54 bits per heavy atom. The van der Waals surface area contributed by atoms with Gasteiger partial charge >= 0.3 is 0 Å². The number of thioether (sulfide) groups is 1. The minimum atomic E-state index is 0.825. The monoisotopic (exact) mass is 195 g/mol. The van der Waals surface area contributed by atoms with Crippen LogP contribution in [0.25, 0.3) is 0 Å². The van der Waals surface area contributed by atoms with Gasteiger partial charge in [0.1, 0.15) is 0 Å². The first-order valence-electron chi connectivity index (χ1n) is 4.75. The Hall–Kier alpha value is -0.470. The molecule has 0 saturated heterocycles. The zero-order valence-corrected chi connectivity index (χ0v) is 8.72. The molecule has 0 bridgehead atoms. The van der Waals surface area contributed by atoms with Gasteiger partial charge in [0.2, 0.25) is 0 Å². The van der Waals surface area contributed by atoms with E-state index in [1.54, 1.807) is 0 Å². The van der Waals surface area contributed by atoms with E-state index in [4.69, 9.17) is 5.73 Å². The van der Waals surface area contributed by atoms with Crippen LogP contribution < -0.4 is 5.73 Å². The van der Waals surface area contributed by atoms with Crippen LogP contribution >= 0.6 is 11.8 Å². The lowest BCUT2D eigenvalue weighted by Crippen LogP contribution is -1.98. The van der Waals surface area contributed by atoms with E-state index in [9.17, 15) is 0 Å². The van der Waals surface area contributed by atoms with Crippen molar-refractivity contribution in [2.75, 3.05) is 12.3 Å². The molecule has 0 radical (unpaired) electrons. The highest BCUT2D eigenvalue weighted by Gasteiger charge is 1.91. The van der Waals surface area contributed by atoms with E-state index in [0.29, 0.717) is 0 Å². The zero-order chi connectivity index (χ0) is 9.36. The van der Waals surface area contributed by atoms with Crippen molar-refractivity contribution in [2.24, 2.45) is 5.73 Å². The van der Waals surface area contributed by atoms with Crippen molar-refractivity contribution in [2.45, 2.75) is 18.6 Å². The average Bonchev–Trinajstić information content (AvgIpc) is 2.19. The molecule has 1 aromatic rings. The largest absolute Gasteiger partial charge is 0.330 e. The summed E-state index contributed by atoms with van der Waals surface area (Å²) >= 11 is 1.99. The summed E-state index contributed by atoms with van der Waals surface area (Å²) < 4.78 is 0. The van der Waals surface area contributed by atoms with E-state index in [1.807, 2.05) is 11.8 Å². The Labute approximate surface area is 84.7 Å². The van der Waals surface area contributed by atoms with Crippen molar-refractivity contribution in [1.29, 1.82) is 0 Å². The second-order valence-corrected chi connectivity index (χ2v) is 4.14. The van der Waals surface area contributed by atoms with Gasteiger partial charge in [-0.25, -0.2) is 0 Å². The number of nitrogens with two attached hydrogens (primary N) is 1. The smallest absolute Gasteiger partial charge is 0.0184 e. The molecule has 0 aliphatic carbocycles. The van der Waals surface area contributed by atoms with E-state index < -0.39 is 0 Å². The molecule has 0 atom stereocenters. The fourth-order valence-corrected chi connectivity index (χ4v) is 2.09. The van der Waals surface area contributed by atoms with Gasteiger partial charge in [-0.2, -0.15) is 11.8 Å². The number of rotatable bonds is 6. The molecular formula is C11H17NS. The van der Waals surface area contributed by atoms with Crippen LogP contribution in [0.5, 0.6) is 0 Å². The minimum Gasteiger partial charge on any atom is -0.330 e. The molecule has 13 heavy (non-hydrogen) atoms. The van der Waals surface area contributed by atoms with Gasteiger partial charge in [0.15, 0.2) is 0 Å². The molecular weight excluding hydrogens is 178 g/mol. The van der Waals surface area contributed by atoms with Crippen LogP contribution in [0.2, 0.25) is 0 Å². The SMILES string of the molecule is NCCCCSCc1ccccc1. The maximum absolute atomic E-state index is 5.41. The van der Waals surface area contributed by atoms with Crippen molar-refractivity contribution < 1.29 is 0 Å². The molecule has 2 N–H and O–H groups in total. The lowest BCUT2D eigenvalue weighted by atomic mass is 10.2. The fraction of sp³-hybridized carbons (Fsp3) is 0.455. The molecule has 0 unspecified atom stereocenters. The van der Waals surface area contributed by atoms with Crippen LogP contribution in [0, 0.1) is 0 Å². The summed E-state index contributed by atoms with van der Waals surface area (Å²) in [5.41, 5.74) is 6.83. The summed E-state index contributed by atoms with van der Waals surface area (Å²) in [6.07, 6.45) is 2.40. The first-order chi connectivity index (χ1) is 6.43. The van der Waals surface area contributed by atoms with Gasteiger partial charge in [-0.15, -0.1) is 0 Å². The van der Waals surface area contributed by atoms with Crippen LogP contribution in [0.3, 0.4) is 0 Å². The van der Waals surface area contributed by atoms with Gasteiger partial charge in [-0.1, -0.05) is 30.3 Å². The van der Waals surface area contributed by atoms with Crippen molar-refractivity contribution in [3.05, 3.63) is 35.9 Å². The van der Waals surface area contributed by atoms with Crippen LogP contribution in [0.15, 0.2) is 30.3 Å². The molecule has 72 valence electrons. The number of benzene rings is 1.